The second-order valence-electron chi connectivity index (χ2n) is 5.27. The molecule has 1 amide bonds. The number of hydrogen-bond donors (Lipinski definition) is 2. The summed E-state index contributed by atoms with van der Waals surface area (Å²) < 4.78 is 28.4. The van der Waals surface area contributed by atoms with Gasteiger partial charge in [0, 0.05) is 13.0 Å². The molecule has 3 N–H and O–H groups in total. The molecule has 1 aliphatic rings. The van der Waals surface area contributed by atoms with E-state index in [0.29, 0.717) is 12.5 Å². The van der Waals surface area contributed by atoms with E-state index in [-0.39, 0.29) is 24.5 Å². The minimum Gasteiger partial charge on any atom is -0.375 e. The SMILES string of the molecule is CC1CCCCC1(CN)NC(=O)CCOCC(F)F. The molecule has 6 heteroatoms. The van der Waals surface area contributed by atoms with Gasteiger partial charge in [0.2, 0.25) is 5.91 Å². The van der Waals surface area contributed by atoms with Crippen molar-refractivity contribution in [3.8, 4) is 0 Å². The largest absolute Gasteiger partial charge is 0.375 e. The number of nitrogens with one attached hydrogen (secondary N) is 1. The molecule has 19 heavy (non-hydrogen) atoms. The van der Waals surface area contributed by atoms with E-state index in [9.17, 15) is 13.6 Å². The van der Waals surface area contributed by atoms with E-state index >= 15 is 0 Å². The van der Waals surface area contributed by atoms with Crippen molar-refractivity contribution in [2.45, 2.75) is 51.0 Å². The van der Waals surface area contributed by atoms with Gasteiger partial charge in [0.15, 0.2) is 0 Å². The van der Waals surface area contributed by atoms with Gasteiger partial charge < -0.3 is 15.8 Å². The molecule has 0 spiro atoms. The molecule has 0 bridgehead atoms. The summed E-state index contributed by atoms with van der Waals surface area (Å²) in [5.74, 6) is 0.172. The summed E-state index contributed by atoms with van der Waals surface area (Å²) in [6.07, 6.45) is 1.77. The summed E-state index contributed by atoms with van der Waals surface area (Å²) in [4.78, 5) is 11.8. The van der Waals surface area contributed by atoms with Gasteiger partial charge in [-0.05, 0) is 18.8 Å². The van der Waals surface area contributed by atoms with Crippen molar-refractivity contribution in [3.63, 3.8) is 0 Å². The van der Waals surface area contributed by atoms with Gasteiger partial charge in [-0.1, -0.05) is 19.8 Å². The van der Waals surface area contributed by atoms with Crippen molar-refractivity contribution in [1.82, 2.24) is 5.32 Å². The Morgan fingerprint density at radius 1 is 1.53 bits per heavy atom. The molecule has 1 aliphatic carbocycles. The van der Waals surface area contributed by atoms with E-state index in [4.69, 9.17) is 10.5 Å². The van der Waals surface area contributed by atoms with Gasteiger partial charge in [0.25, 0.3) is 6.43 Å². The second-order valence-corrected chi connectivity index (χ2v) is 5.27. The number of rotatable bonds is 7. The van der Waals surface area contributed by atoms with Crippen LogP contribution < -0.4 is 11.1 Å². The topological polar surface area (TPSA) is 64.3 Å². The van der Waals surface area contributed by atoms with Crippen molar-refractivity contribution in [2.24, 2.45) is 11.7 Å². The van der Waals surface area contributed by atoms with Crippen LogP contribution in [0.15, 0.2) is 0 Å². The molecule has 0 aromatic rings. The number of hydrogen-bond acceptors (Lipinski definition) is 3. The zero-order valence-electron chi connectivity index (χ0n) is 11.5. The first-order chi connectivity index (χ1) is 9.00. The fourth-order valence-corrected chi connectivity index (χ4v) is 2.63. The predicted molar refractivity (Wildman–Crippen MR) is 69.0 cm³/mol. The van der Waals surface area contributed by atoms with Crippen LogP contribution in [0.2, 0.25) is 0 Å². The summed E-state index contributed by atoms with van der Waals surface area (Å²) in [6, 6.07) is 0. The minimum atomic E-state index is -2.49. The van der Waals surface area contributed by atoms with Crippen LogP contribution in [0.5, 0.6) is 0 Å². The van der Waals surface area contributed by atoms with Gasteiger partial charge in [-0.15, -0.1) is 0 Å². The average Bonchev–Trinajstić information content (AvgIpc) is 2.37. The molecule has 0 radical (unpaired) electrons. The molecule has 0 heterocycles. The molecular formula is C13H24F2N2O2. The Hall–Kier alpha value is -0.750. The number of halogens is 2. The average molecular weight is 278 g/mol. The maximum Gasteiger partial charge on any atom is 0.261 e. The van der Waals surface area contributed by atoms with Crippen LogP contribution in [0.4, 0.5) is 8.78 Å². The van der Waals surface area contributed by atoms with Crippen LogP contribution >= 0.6 is 0 Å². The Morgan fingerprint density at radius 3 is 2.84 bits per heavy atom. The van der Waals surface area contributed by atoms with Gasteiger partial charge in [-0.25, -0.2) is 8.78 Å². The third-order valence-electron chi connectivity index (χ3n) is 3.92. The lowest BCUT2D eigenvalue weighted by molar-refractivity contribution is -0.125. The monoisotopic (exact) mass is 278 g/mol. The Labute approximate surface area is 113 Å². The first-order valence-electron chi connectivity index (χ1n) is 6.87. The highest BCUT2D eigenvalue weighted by molar-refractivity contribution is 5.77. The van der Waals surface area contributed by atoms with Gasteiger partial charge in [-0.3, -0.25) is 4.79 Å². The number of carbonyl (C=O) groups excluding carboxylic acids is 1. The molecule has 0 saturated heterocycles. The van der Waals surface area contributed by atoms with E-state index in [1.165, 1.54) is 0 Å². The van der Waals surface area contributed by atoms with E-state index in [1.54, 1.807) is 0 Å². The van der Waals surface area contributed by atoms with Crippen molar-refractivity contribution in [3.05, 3.63) is 0 Å². The first kappa shape index (κ1) is 16.3. The molecule has 112 valence electrons. The van der Waals surface area contributed by atoms with E-state index in [0.717, 1.165) is 25.7 Å². The Balaban J connectivity index is 2.36. The van der Waals surface area contributed by atoms with Crippen LogP contribution in [0.3, 0.4) is 0 Å². The first-order valence-corrected chi connectivity index (χ1v) is 6.87. The lowest BCUT2D eigenvalue weighted by Crippen LogP contribution is -2.59. The van der Waals surface area contributed by atoms with Gasteiger partial charge in [-0.2, -0.15) is 0 Å². The number of amides is 1. The van der Waals surface area contributed by atoms with E-state index in [1.807, 2.05) is 0 Å². The molecule has 2 atom stereocenters. The quantitative estimate of drug-likeness (QED) is 0.696. The van der Waals surface area contributed by atoms with Crippen LogP contribution in [0.1, 0.15) is 39.0 Å². The third kappa shape index (κ3) is 5.03. The molecule has 0 aliphatic heterocycles. The van der Waals surface area contributed by atoms with Crippen LogP contribution in [0.25, 0.3) is 0 Å². The molecule has 0 aromatic heterocycles. The van der Waals surface area contributed by atoms with Gasteiger partial charge in [0.05, 0.1) is 12.1 Å². The number of alkyl halides is 2. The summed E-state index contributed by atoms with van der Waals surface area (Å²) in [7, 11) is 0. The molecule has 1 fully saturated rings. The third-order valence-corrected chi connectivity index (χ3v) is 3.92. The minimum absolute atomic E-state index is 0.0191. The standard InChI is InChI=1S/C13H24F2N2O2/c1-10-4-2-3-6-13(10,9-16)17-12(18)5-7-19-8-11(14)15/h10-11H,2-9,16H2,1H3,(H,17,18). The summed E-state index contributed by atoms with van der Waals surface area (Å²) in [5.41, 5.74) is 5.49. The Morgan fingerprint density at radius 2 is 2.26 bits per heavy atom. The van der Waals surface area contributed by atoms with Crippen molar-refractivity contribution in [1.29, 1.82) is 0 Å². The highest BCUT2D eigenvalue weighted by atomic mass is 19.3. The maximum absolute atomic E-state index is 11.9. The van der Waals surface area contributed by atoms with Crippen LogP contribution in [-0.2, 0) is 9.53 Å². The highest BCUT2D eigenvalue weighted by Gasteiger charge is 2.37. The Bertz CT molecular complexity index is 290. The normalized spacial score (nSPS) is 27.5. The summed E-state index contributed by atoms with van der Waals surface area (Å²) >= 11 is 0. The number of ether oxygens (including phenoxy) is 1. The van der Waals surface area contributed by atoms with Crippen molar-refractivity contribution < 1.29 is 18.3 Å². The molecule has 1 saturated carbocycles. The van der Waals surface area contributed by atoms with Crippen LogP contribution in [0, 0.1) is 5.92 Å². The van der Waals surface area contributed by atoms with E-state index < -0.39 is 13.0 Å². The fourth-order valence-electron chi connectivity index (χ4n) is 2.63. The number of carbonyl (C=O) groups is 1. The Kier molecular flexibility index (Phi) is 6.65. The van der Waals surface area contributed by atoms with Crippen molar-refractivity contribution >= 4 is 5.91 Å². The zero-order chi connectivity index (χ0) is 14.3. The predicted octanol–water partition coefficient (Wildman–Crippen LogP) is 1.68. The number of nitrogens with two attached hydrogens (primary N) is 1. The zero-order valence-corrected chi connectivity index (χ0v) is 11.5. The van der Waals surface area contributed by atoms with E-state index in [2.05, 4.69) is 12.2 Å². The molecule has 1 rings (SSSR count). The molecule has 2 unspecified atom stereocenters. The maximum atomic E-state index is 11.9. The molecular weight excluding hydrogens is 254 g/mol. The van der Waals surface area contributed by atoms with Crippen molar-refractivity contribution in [2.75, 3.05) is 19.8 Å². The van der Waals surface area contributed by atoms with Gasteiger partial charge in [0.1, 0.15) is 6.61 Å². The van der Waals surface area contributed by atoms with Gasteiger partial charge >= 0.3 is 0 Å². The second kappa shape index (κ2) is 7.75. The van der Waals surface area contributed by atoms with Crippen LogP contribution in [-0.4, -0.2) is 37.6 Å². The lowest BCUT2D eigenvalue weighted by atomic mass is 9.73. The highest BCUT2D eigenvalue weighted by Crippen LogP contribution is 2.32. The molecule has 0 aromatic carbocycles. The smallest absolute Gasteiger partial charge is 0.261 e. The summed E-state index contributed by atoms with van der Waals surface area (Å²) in [5, 5.41) is 2.99. The summed E-state index contributed by atoms with van der Waals surface area (Å²) in [6.45, 7) is 1.91. The molecule has 4 nitrogen and oxygen atoms in total. The fraction of sp³-hybridized carbons (Fsp3) is 0.923. The lowest BCUT2D eigenvalue weighted by Gasteiger charge is -2.42.